The van der Waals surface area contributed by atoms with Crippen molar-refractivity contribution in [3.63, 3.8) is 0 Å². The summed E-state index contributed by atoms with van der Waals surface area (Å²) in [7, 11) is 0. The number of nitrogens with two attached hydrogens (primary N) is 1. The van der Waals surface area contributed by atoms with Crippen molar-refractivity contribution in [1.82, 2.24) is 9.55 Å². The van der Waals surface area contributed by atoms with Crippen molar-refractivity contribution in [3.05, 3.63) is 24.0 Å². The third kappa shape index (κ3) is 1.73. The largest absolute Gasteiger partial charge is 0.378 e. The second-order valence-corrected chi connectivity index (χ2v) is 5.96. The van der Waals surface area contributed by atoms with Gasteiger partial charge < -0.3 is 15.0 Å². The van der Waals surface area contributed by atoms with Gasteiger partial charge in [0.15, 0.2) is 5.82 Å². The van der Waals surface area contributed by atoms with Gasteiger partial charge in [-0.1, -0.05) is 19.9 Å². The fraction of sp³-hybridized carbons (Fsp3) is 0.533. The predicted molar refractivity (Wildman–Crippen MR) is 77.0 cm³/mol. The topological polar surface area (TPSA) is 53.1 Å². The summed E-state index contributed by atoms with van der Waals surface area (Å²) in [5.41, 5.74) is 7.09. The molecular weight excluding hydrogens is 257 g/mol. The summed E-state index contributed by atoms with van der Waals surface area (Å²) in [6.07, 6.45) is 1.09. The van der Waals surface area contributed by atoms with Crippen LogP contribution in [0.4, 0.5) is 10.3 Å². The first kappa shape index (κ1) is 13.4. The van der Waals surface area contributed by atoms with E-state index in [-0.39, 0.29) is 23.4 Å². The van der Waals surface area contributed by atoms with Crippen molar-refractivity contribution in [1.29, 1.82) is 0 Å². The zero-order chi connectivity index (χ0) is 14.5. The predicted octanol–water partition coefficient (Wildman–Crippen LogP) is 3.13. The molecule has 1 heterocycles. The second-order valence-electron chi connectivity index (χ2n) is 5.96. The maximum atomic E-state index is 13.8. The number of fused-ring (bicyclic) bond motifs is 1. The molecule has 0 spiro atoms. The summed E-state index contributed by atoms with van der Waals surface area (Å²) >= 11 is 0. The van der Waals surface area contributed by atoms with E-state index < -0.39 is 0 Å². The van der Waals surface area contributed by atoms with E-state index in [1.165, 1.54) is 6.07 Å². The number of imidazole rings is 1. The van der Waals surface area contributed by atoms with E-state index in [1.807, 2.05) is 17.6 Å². The molecule has 2 N–H and O–H groups in total. The van der Waals surface area contributed by atoms with Gasteiger partial charge in [0.2, 0.25) is 5.95 Å². The second kappa shape index (κ2) is 4.45. The smallest absolute Gasteiger partial charge is 0.201 e. The van der Waals surface area contributed by atoms with E-state index in [4.69, 9.17) is 10.5 Å². The minimum atomic E-state index is -0.327. The van der Waals surface area contributed by atoms with Gasteiger partial charge in [-0.15, -0.1) is 0 Å². The quantitative estimate of drug-likeness (QED) is 0.937. The van der Waals surface area contributed by atoms with Crippen LogP contribution in [0, 0.1) is 11.2 Å². The van der Waals surface area contributed by atoms with Crippen LogP contribution in [0.1, 0.15) is 33.2 Å². The number of benzene rings is 1. The fourth-order valence-electron chi connectivity index (χ4n) is 3.21. The Morgan fingerprint density at radius 1 is 1.50 bits per heavy atom. The molecule has 2 aromatic rings. The molecule has 20 heavy (non-hydrogen) atoms. The van der Waals surface area contributed by atoms with Crippen molar-refractivity contribution >= 4 is 17.0 Å². The number of halogens is 1. The van der Waals surface area contributed by atoms with Gasteiger partial charge >= 0.3 is 0 Å². The van der Waals surface area contributed by atoms with Gasteiger partial charge in [0.1, 0.15) is 5.52 Å². The standard InChI is InChI=1S/C15H20FN3O/c1-4-20-12-8-11(15(12,2)3)19-10-7-5-6-9(16)13(10)18-14(19)17/h5-7,11-12H,4,8H2,1-3H3,(H2,17,18). The normalized spacial score (nSPS) is 24.8. The molecular formula is C15H20FN3O. The van der Waals surface area contributed by atoms with Crippen LogP contribution in [0.2, 0.25) is 0 Å². The van der Waals surface area contributed by atoms with Crippen LogP contribution in [-0.4, -0.2) is 22.3 Å². The van der Waals surface area contributed by atoms with E-state index in [2.05, 4.69) is 18.8 Å². The molecule has 0 saturated heterocycles. The molecule has 3 rings (SSSR count). The highest BCUT2D eigenvalue weighted by atomic mass is 19.1. The number of aromatic nitrogens is 2. The number of para-hydroxylation sites is 1. The minimum absolute atomic E-state index is 0.0376. The SMILES string of the molecule is CCOC1CC(n2c(N)nc3c(F)cccc32)C1(C)C. The lowest BCUT2D eigenvalue weighted by Gasteiger charge is -2.52. The molecule has 1 saturated carbocycles. The first-order valence-corrected chi connectivity index (χ1v) is 7.00. The molecule has 1 aliphatic rings. The van der Waals surface area contributed by atoms with E-state index in [0.717, 1.165) is 11.9 Å². The van der Waals surface area contributed by atoms with Gasteiger partial charge in [0.25, 0.3) is 0 Å². The molecule has 4 nitrogen and oxygen atoms in total. The van der Waals surface area contributed by atoms with Crippen molar-refractivity contribution in [2.24, 2.45) is 5.41 Å². The number of hydrogen-bond donors (Lipinski definition) is 1. The number of hydrogen-bond acceptors (Lipinski definition) is 3. The van der Waals surface area contributed by atoms with E-state index in [1.54, 1.807) is 6.07 Å². The van der Waals surface area contributed by atoms with Crippen LogP contribution in [-0.2, 0) is 4.74 Å². The van der Waals surface area contributed by atoms with Crippen LogP contribution in [0.15, 0.2) is 18.2 Å². The number of anilines is 1. The maximum absolute atomic E-state index is 13.8. The summed E-state index contributed by atoms with van der Waals surface area (Å²) in [5.74, 6) is 0.0459. The van der Waals surface area contributed by atoms with Gasteiger partial charge in [-0.25, -0.2) is 9.37 Å². The van der Waals surface area contributed by atoms with E-state index >= 15 is 0 Å². The number of rotatable bonds is 3. The Labute approximate surface area is 117 Å². The molecule has 108 valence electrons. The average Bonchev–Trinajstić information content (AvgIpc) is 2.72. The van der Waals surface area contributed by atoms with Gasteiger partial charge in [-0.05, 0) is 25.5 Å². The third-order valence-corrected chi connectivity index (χ3v) is 4.50. The Kier molecular flexibility index (Phi) is 2.97. The summed E-state index contributed by atoms with van der Waals surface area (Å²) < 4.78 is 21.5. The van der Waals surface area contributed by atoms with Crippen LogP contribution in [0.5, 0.6) is 0 Å². The minimum Gasteiger partial charge on any atom is -0.378 e. The average molecular weight is 277 g/mol. The molecule has 5 heteroatoms. The van der Waals surface area contributed by atoms with Gasteiger partial charge in [0.05, 0.1) is 11.6 Å². The molecule has 0 aliphatic heterocycles. The zero-order valence-corrected chi connectivity index (χ0v) is 12.1. The zero-order valence-electron chi connectivity index (χ0n) is 12.1. The lowest BCUT2D eigenvalue weighted by molar-refractivity contribution is -0.126. The fourth-order valence-corrected chi connectivity index (χ4v) is 3.21. The first-order chi connectivity index (χ1) is 9.46. The molecule has 1 aromatic heterocycles. The van der Waals surface area contributed by atoms with Crippen LogP contribution in [0.25, 0.3) is 11.0 Å². The molecule has 0 amide bonds. The molecule has 1 aliphatic carbocycles. The Hall–Kier alpha value is -1.62. The van der Waals surface area contributed by atoms with E-state index in [0.29, 0.717) is 18.1 Å². The Balaban J connectivity index is 2.04. The molecule has 2 atom stereocenters. The van der Waals surface area contributed by atoms with E-state index in [9.17, 15) is 4.39 Å². The molecule has 1 fully saturated rings. The first-order valence-electron chi connectivity index (χ1n) is 7.00. The molecule has 1 aromatic carbocycles. The highest BCUT2D eigenvalue weighted by Gasteiger charge is 2.50. The number of nitrogen functional groups attached to an aromatic ring is 1. The molecule has 2 unspecified atom stereocenters. The van der Waals surface area contributed by atoms with Crippen LogP contribution in [0.3, 0.4) is 0 Å². The summed E-state index contributed by atoms with van der Waals surface area (Å²) in [4.78, 5) is 4.18. The summed E-state index contributed by atoms with van der Waals surface area (Å²) in [6, 6.07) is 5.16. The van der Waals surface area contributed by atoms with Crippen LogP contribution < -0.4 is 5.73 Å². The van der Waals surface area contributed by atoms with Crippen molar-refractivity contribution in [2.75, 3.05) is 12.3 Å². The Bertz CT molecular complexity index is 650. The van der Waals surface area contributed by atoms with Gasteiger partial charge in [-0.3, -0.25) is 0 Å². The van der Waals surface area contributed by atoms with Crippen molar-refractivity contribution in [3.8, 4) is 0 Å². The molecule has 0 bridgehead atoms. The van der Waals surface area contributed by atoms with Gasteiger partial charge in [0, 0.05) is 18.1 Å². The number of nitrogens with zero attached hydrogens (tertiary/aromatic N) is 2. The monoisotopic (exact) mass is 277 g/mol. The van der Waals surface area contributed by atoms with Crippen molar-refractivity contribution < 1.29 is 9.13 Å². The summed E-state index contributed by atoms with van der Waals surface area (Å²) in [6.45, 7) is 7.02. The lowest BCUT2D eigenvalue weighted by Crippen LogP contribution is -2.51. The highest BCUT2D eigenvalue weighted by Crippen LogP contribution is 2.52. The lowest BCUT2D eigenvalue weighted by atomic mass is 9.64. The van der Waals surface area contributed by atoms with Crippen molar-refractivity contribution in [2.45, 2.75) is 39.3 Å². The Morgan fingerprint density at radius 2 is 2.25 bits per heavy atom. The highest BCUT2D eigenvalue weighted by molar-refractivity contribution is 5.79. The summed E-state index contributed by atoms with van der Waals surface area (Å²) in [5, 5.41) is 0. The maximum Gasteiger partial charge on any atom is 0.201 e. The Morgan fingerprint density at radius 3 is 2.90 bits per heavy atom. The van der Waals surface area contributed by atoms with Crippen LogP contribution >= 0.6 is 0 Å². The number of ether oxygens (including phenoxy) is 1. The van der Waals surface area contributed by atoms with Gasteiger partial charge in [-0.2, -0.15) is 0 Å². The third-order valence-electron chi connectivity index (χ3n) is 4.50. The molecule has 0 radical (unpaired) electrons.